The third-order valence-corrected chi connectivity index (χ3v) is 6.77. The van der Waals surface area contributed by atoms with Gasteiger partial charge in [0, 0.05) is 24.5 Å². The lowest BCUT2D eigenvalue weighted by Crippen LogP contribution is -2.36. The minimum atomic E-state index is -3.57. The number of rotatable bonds is 7. The summed E-state index contributed by atoms with van der Waals surface area (Å²) in [6.07, 6.45) is 0.656. The van der Waals surface area contributed by atoms with Crippen molar-refractivity contribution < 1.29 is 8.42 Å². The Hall–Kier alpha value is -1.28. The molecular formula is C15H21N3O2S2. The zero-order valence-electron chi connectivity index (χ0n) is 12.8. The van der Waals surface area contributed by atoms with Crippen molar-refractivity contribution >= 4 is 21.4 Å². The Morgan fingerprint density at radius 1 is 1.18 bits per heavy atom. The molecule has 0 aliphatic heterocycles. The van der Waals surface area contributed by atoms with Crippen LogP contribution in [0.2, 0.25) is 0 Å². The van der Waals surface area contributed by atoms with E-state index in [2.05, 4.69) is 4.98 Å². The molecule has 7 heteroatoms. The van der Waals surface area contributed by atoms with Gasteiger partial charge in [0.2, 0.25) is 4.34 Å². The number of hydrogen-bond acceptors (Lipinski definition) is 5. The monoisotopic (exact) mass is 339 g/mol. The summed E-state index contributed by atoms with van der Waals surface area (Å²) in [4.78, 5) is 5.11. The van der Waals surface area contributed by atoms with Gasteiger partial charge >= 0.3 is 0 Å². The summed E-state index contributed by atoms with van der Waals surface area (Å²) in [5, 5.41) is 0. The van der Waals surface area contributed by atoms with Gasteiger partial charge in [-0.1, -0.05) is 30.3 Å². The van der Waals surface area contributed by atoms with Crippen molar-refractivity contribution in [2.75, 3.05) is 19.6 Å². The minimum absolute atomic E-state index is 0.156. The van der Waals surface area contributed by atoms with Crippen LogP contribution in [0.15, 0.2) is 34.7 Å². The number of nitrogens with zero attached hydrogens (tertiary/aromatic N) is 2. The van der Waals surface area contributed by atoms with E-state index in [0.29, 0.717) is 19.5 Å². The van der Waals surface area contributed by atoms with Crippen molar-refractivity contribution in [1.82, 2.24) is 9.29 Å². The first-order valence-electron chi connectivity index (χ1n) is 7.13. The Kier molecular flexibility index (Phi) is 5.69. The molecule has 0 saturated carbocycles. The van der Waals surface area contributed by atoms with Gasteiger partial charge in [-0.05, 0) is 25.8 Å². The van der Waals surface area contributed by atoms with Gasteiger partial charge in [0.15, 0.2) is 0 Å². The fourth-order valence-electron chi connectivity index (χ4n) is 2.06. The Morgan fingerprint density at radius 2 is 1.86 bits per heavy atom. The van der Waals surface area contributed by atoms with Crippen molar-refractivity contribution in [3.63, 3.8) is 0 Å². The number of thiazole rings is 1. The molecule has 0 aliphatic rings. The number of benzene rings is 1. The van der Waals surface area contributed by atoms with Gasteiger partial charge < -0.3 is 5.73 Å². The lowest BCUT2D eigenvalue weighted by atomic mass is 10.1. The van der Waals surface area contributed by atoms with E-state index in [9.17, 15) is 8.42 Å². The molecule has 0 spiro atoms. The number of aryl methyl sites for hydroxylation is 2. The van der Waals surface area contributed by atoms with Crippen molar-refractivity contribution in [1.29, 1.82) is 0 Å². The summed E-state index contributed by atoms with van der Waals surface area (Å²) < 4.78 is 27.0. The predicted octanol–water partition coefficient (Wildman–Crippen LogP) is 1.95. The minimum Gasteiger partial charge on any atom is -0.329 e. The first-order valence-corrected chi connectivity index (χ1v) is 9.39. The highest BCUT2D eigenvalue weighted by Crippen LogP contribution is 2.24. The van der Waals surface area contributed by atoms with E-state index in [1.807, 2.05) is 44.2 Å². The van der Waals surface area contributed by atoms with Crippen LogP contribution in [0.5, 0.6) is 0 Å². The standard InChI is InChI=1S/C15H21N3O2S2/c1-12-13(2)21-15(17-12)22(19,20)18(11-9-16)10-8-14-6-4-3-5-7-14/h3-7H,8-11,16H2,1-2H3. The van der Waals surface area contributed by atoms with E-state index in [0.717, 1.165) is 16.1 Å². The molecule has 0 amide bonds. The summed E-state index contributed by atoms with van der Waals surface area (Å²) in [6.45, 7) is 4.69. The van der Waals surface area contributed by atoms with Crippen molar-refractivity contribution in [2.45, 2.75) is 24.6 Å². The molecule has 0 aliphatic carbocycles. The number of sulfonamides is 1. The Morgan fingerprint density at radius 3 is 2.41 bits per heavy atom. The molecule has 0 fully saturated rings. The summed E-state index contributed by atoms with van der Waals surface area (Å²) in [5.41, 5.74) is 7.45. The average molecular weight is 339 g/mol. The number of nitrogens with two attached hydrogens (primary N) is 1. The van der Waals surface area contributed by atoms with Crippen molar-refractivity contribution in [2.24, 2.45) is 5.73 Å². The lowest BCUT2D eigenvalue weighted by Gasteiger charge is -2.20. The van der Waals surface area contributed by atoms with Gasteiger partial charge in [0.25, 0.3) is 10.0 Å². The lowest BCUT2D eigenvalue weighted by molar-refractivity contribution is 0.421. The van der Waals surface area contributed by atoms with Crippen LogP contribution in [0.3, 0.4) is 0 Å². The topological polar surface area (TPSA) is 76.3 Å². The molecule has 2 N–H and O–H groups in total. The molecule has 0 saturated heterocycles. The van der Waals surface area contributed by atoms with Crippen molar-refractivity contribution in [3.05, 3.63) is 46.5 Å². The van der Waals surface area contributed by atoms with Gasteiger partial charge in [-0.25, -0.2) is 13.4 Å². The second-order valence-corrected chi connectivity index (χ2v) is 8.36. The molecule has 2 rings (SSSR count). The number of hydrogen-bond donors (Lipinski definition) is 1. The Balaban J connectivity index is 2.19. The zero-order chi connectivity index (χ0) is 16.2. The number of aromatic nitrogens is 1. The van der Waals surface area contributed by atoms with Crippen LogP contribution in [0.1, 0.15) is 16.1 Å². The molecule has 1 heterocycles. The van der Waals surface area contributed by atoms with Gasteiger partial charge in [-0.2, -0.15) is 4.31 Å². The van der Waals surface area contributed by atoms with Gasteiger partial charge in [0.1, 0.15) is 0 Å². The SMILES string of the molecule is Cc1nc(S(=O)(=O)N(CCN)CCc2ccccc2)sc1C. The molecular weight excluding hydrogens is 318 g/mol. The van der Waals surface area contributed by atoms with Crippen LogP contribution < -0.4 is 5.73 Å². The molecule has 2 aromatic rings. The van der Waals surface area contributed by atoms with Crippen molar-refractivity contribution in [3.8, 4) is 0 Å². The zero-order valence-corrected chi connectivity index (χ0v) is 14.5. The van der Waals surface area contributed by atoms with Gasteiger partial charge in [0.05, 0.1) is 5.69 Å². The van der Waals surface area contributed by atoms with E-state index in [1.54, 1.807) is 0 Å². The normalized spacial score (nSPS) is 12.0. The summed E-state index contributed by atoms with van der Waals surface area (Å²) in [7, 11) is -3.57. The molecule has 0 bridgehead atoms. The van der Waals surface area contributed by atoms with Crippen LogP contribution in [0.4, 0.5) is 0 Å². The molecule has 5 nitrogen and oxygen atoms in total. The smallest absolute Gasteiger partial charge is 0.270 e. The highest BCUT2D eigenvalue weighted by atomic mass is 32.2. The predicted molar refractivity (Wildman–Crippen MR) is 89.5 cm³/mol. The maximum atomic E-state index is 12.7. The Bertz CT molecular complexity index is 692. The summed E-state index contributed by atoms with van der Waals surface area (Å²) >= 11 is 1.22. The molecule has 120 valence electrons. The van der Waals surface area contributed by atoms with E-state index in [-0.39, 0.29) is 10.9 Å². The van der Waals surface area contributed by atoms with E-state index < -0.39 is 10.0 Å². The van der Waals surface area contributed by atoms with E-state index >= 15 is 0 Å². The summed E-state index contributed by atoms with van der Waals surface area (Å²) in [6, 6.07) is 9.82. The quantitative estimate of drug-likeness (QED) is 0.836. The first-order chi connectivity index (χ1) is 10.4. The maximum Gasteiger partial charge on any atom is 0.270 e. The van der Waals surface area contributed by atoms with Crippen LogP contribution in [-0.2, 0) is 16.4 Å². The second-order valence-electron chi connectivity index (χ2n) is 5.05. The summed E-state index contributed by atoms with van der Waals surface area (Å²) in [5.74, 6) is 0. The average Bonchev–Trinajstić information content (AvgIpc) is 2.85. The molecule has 1 aromatic carbocycles. The molecule has 22 heavy (non-hydrogen) atoms. The van der Waals surface area contributed by atoms with Gasteiger partial charge in [-0.3, -0.25) is 0 Å². The molecule has 1 aromatic heterocycles. The van der Waals surface area contributed by atoms with Gasteiger partial charge in [-0.15, -0.1) is 11.3 Å². The highest BCUT2D eigenvalue weighted by molar-refractivity contribution is 7.91. The third-order valence-electron chi connectivity index (χ3n) is 3.44. The second kappa shape index (κ2) is 7.32. The molecule has 0 unspecified atom stereocenters. The van der Waals surface area contributed by atoms with E-state index in [4.69, 9.17) is 5.73 Å². The fourth-order valence-corrected chi connectivity index (χ4v) is 4.96. The van der Waals surface area contributed by atoms with E-state index in [1.165, 1.54) is 15.6 Å². The highest BCUT2D eigenvalue weighted by Gasteiger charge is 2.27. The molecule has 0 atom stereocenters. The van der Waals surface area contributed by atoms with Crippen LogP contribution in [0.25, 0.3) is 0 Å². The first kappa shape index (κ1) is 17.1. The molecule has 0 radical (unpaired) electrons. The fraction of sp³-hybridized carbons (Fsp3) is 0.400. The third kappa shape index (κ3) is 3.92. The Labute approximate surface area is 135 Å². The van der Waals surface area contributed by atoms with Crippen LogP contribution in [-0.4, -0.2) is 37.3 Å². The van der Waals surface area contributed by atoms with Crippen LogP contribution >= 0.6 is 11.3 Å². The maximum absolute atomic E-state index is 12.7. The largest absolute Gasteiger partial charge is 0.329 e. The van der Waals surface area contributed by atoms with Crippen LogP contribution in [0, 0.1) is 13.8 Å².